The van der Waals surface area contributed by atoms with Gasteiger partial charge in [-0.15, -0.1) is 0 Å². The number of hydrogen-bond acceptors (Lipinski definition) is 4. The summed E-state index contributed by atoms with van der Waals surface area (Å²) in [5.74, 6) is -1.52. The van der Waals surface area contributed by atoms with Gasteiger partial charge >= 0.3 is 0 Å². The number of benzene rings is 4. The number of hydrogen-bond donors (Lipinski definition) is 1. The summed E-state index contributed by atoms with van der Waals surface area (Å²) < 4.78 is 43.0. The number of halogens is 3. The van der Waals surface area contributed by atoms with Gasteiger partial charge < -0.3 is 10.2 Å². The Morgan fingerprint density at radius 3 is 2.18 bits per heavy atom. The molecule has 4 aromatic carbocycles. The highest BCUT2D eigenvalue weighted by molar-refractivity contribution is 7.92. The summed E-state index contributed by atoms with van der Waals surface area (Å²) >= 11 is 12.8. The van der Waals surface area contributed by atoms with Crippen molar-refractivity contribution in [3.8, 4) is 0 Å². The molecule has 0 aliphatic rings. The van der Waals surface area contributed by atoms with Gasteiger partial charge in [0.05, 0.1) is 20.6 Å². The molecule has 0 spiro atoms. The van der Waals surface area contributed by atoms with Crippen molar-refractivity contribution in [3.05, 3.63) is 130 Å². The standard InChI is InChI=1S/C34H34Cl2FN3O4S/c1-3-20-38-34(42)31(21-25-8-5-4-6-9-25)39(22-26-14-16-27(37)17-15-26)32(41)23-40(30-11-7-10-29(35)33(30)36)45(43,44)28-18-12-24(2)13-19-28/h4-19,31H,3,20-23H2,1-2H3,(H,38,42)/t31-/m1/s1. The molecule has 0 fully saturated rings. The van der Waals surface area contributed by atoms with Crippen molar-refractivity contribution in [2.24, 2.45) is 0 Å². The topological polar surface area (TPSA) is 86.8 Å². The molecule has 0 aliphatic heterocycles. The fourth-order valence-corrected chi connectivity index (χ4v) is 6.62. The third kappa shape index (κ3) is 8.63. The number of carbonyl (C=O) groups excluding carboxylic acids is 2. The molecule has 0 aliphatic carbocycles. The Labute approximate surface area is 273 Å². The second kappa shape index (κ2) is 15.4. The van der Waals surface area contributed by atoms with Crippen molar-refractivity contribution in [2.75, 3.05) is 17.4 Å². The van der Waals surface area contributed by atoms with E-state index in [9.17, 15) is 22.4 Å². The van der Waals surface area contributed by atoms with E-state index in [0.717, 1.165) is 15.4 Å². The third-order valence-electron chi connectivity index (χ3n) is 7.17. The van der Waals surface area contributed by atoms with Crippen molar-refractivity contribution in [1.29, 1.82) is 0 Å². The molecule has 4 aromatic rings. The molecule has 0 radical (unpaired) electrons. The molecule has 1 atom stereocenters. The SMILES string of the molecule is CCCNC(=O)[C@@H](Cc1ccccc1)N(Cc1ccc(F)cc1)C(=O)CN(c1cccc(Cl)c1Cl)S(=O)(=O)c1ccc(C)cc1. The fourth-order valence-electron chi connectivity index (χ4n) is 4.74. The molecular formula is C34H34Cl2FN3O4S. The molecule has 45 heavy (non-hydrogen) atoms. The molecule has 0 heterocycles. The van der Waals surface area contributed by atoms with E-state index in [1.54, 1.807) is 18.2 Å². The molecule has 0 bridgehead atoms. The zero-order valence-corrected chi connectivity index (χ0v) is 27.2. The summed E-state index contributed by atoms with van der Waals surface area (Å²) in [7, 11) is -4.34. The Balaban J connectivity index is 1.82. The Kier molecular flexibility index (Phi) is 11.6. The number of sulfonamides is 1. The van der Waals surface area contributed by atoms with Crippen LogP contribution in [0.15, 0.2) is 102 Å². The highest BCUT2D eigenvalue weighted by Gasteiger charge is 2.35. The van der Waals surface area contributed by atoms with Gasteiger partial charge in [-0.1, -0.05) is 96.4 Å². The van der Waals surface area contributed by atoms with Crippen LogP contribution in [0.1, 0.15) is 30.0 Å². The largest absolute Gasteiger partial charge is 0.354 e. The van der Waals surface area contributed by atoms with Crippen LogP contribution >= 0.6 is 23.2 Å². The van der Waals surface area contributed by atoms with Crippen LogP contribution in [0.2, 0.25) is 10.0 Å². The van der Waals surface area contributed by atoms with Gasteiger partial charge in [-0.05, 0) is 60.9 Å². The van der Waals surface area contributed by atoms with E-state index < -0.39 is 40.2 Å². The molecule has 0 saturated heterocycles. The minimum Gasteiger partial charge on any atom is -0.354 e. The molecule has 236 valence electrons. The summed E-state index contributed by atoms with van der Waals surface area (Å²) in [6.07, 6.45) is 0.831. The van der Waals surface area contributed by atoms with E-state index >= 15 is 0 Å². The minimum atomic E-state index is -4.34. The van der Waals surface area contributed by atoms with Crippen LogP contribution in [0, 0.1) is 12.7 Å². The lowest BCUT2D eigenvalue weighted by molar-refractivity contribution is -0.140. The van der Waals surface area contributed by atoms with Crippen LogP contribution in [0.5, 0.6) is 0 Å². The molecule has 0 aromatic heterocycles. The maximum atomic E-state index is 14.4. The average molecular weight is 671 g/mol. The normalized spacial score (nSPS) is 11.9. The smallest absolute Gasteiger partial charge is 0.264 e. The number of nitrogens with one attached hydrogen (secondary N) is 1. The van der Waals surface area contributed by atoms with Gasteiger partial charge in [0, 0.05) is 19.5 Å². The number of carbonyl (C=O) groups is 2. The van der Waals surface area contributed by atoms with Gasteiger partial charge in [-0.25, -0.2) is 12.8 Å². The molecule has 4 rings (SSSR count). The number of nitrogens with zero attached hydrogens (tertiary/aromatic N) is 2. The van der Waals surface area contributed by atoms with Crippen molar-refractivity contribution < 1.29 is 22.4 Å². The van der Waals surface area contributed by atoms with Crippen molar-refractivity contribution >= 4 is 50.7 Å². The van der Waals surface area contributed by atoms with E-state index in [-0.39, 0.29) is 33.6 Å². The van der Waals surface area contributed by atoms with E-state index in [4.69, 9.17) is 23.2 Å². The van der Waals surface area contributed by atoms with Crippen LogP contribution in [0.25, 0.3) is 0 Å². The second-order valence-electron chi connectivity index (χ2n) is 10.5. The van der Waals surface area contributed by atoms with Gasteiger partial charge in [0.25, 0.3) is 10.0 Å². The van der Waals surface area contributed by atoms with Crippen molar-refractivity contribution in [3.63, 3.8) is 0 Å². The number of anilines is 1. The van der Waals surface area contributed by atoms with E-state index in [2.05, 4.69) is 5.32 Å². The quantitative estimate of drug-likeness (QED) is 0.170. The van der Waals surface area contributed by atoms with Crippen LogP contribution < -0.4 is 9.62 Å². The lowest BCUT2D eigenvalue weighted by Crippen LogP contribution is -2.53. The summed E-state index contributed by atoms with van der Waals surface area (Å²) in [5.41, 5.74) is 2.22. The van der Waals surface area contributed by atoms with Gasteiger partial charge in [-0.3, -0.25) is 13.9 Å². The molecule has 0 unspecified atom stereocenters. The average Bonchev–Trinajstić information content (AvgIpc) is 3.03. The first-order valence-electron chi connectivity index (χ1n) is 14.4. The third-order valence-corrected chi connectivity index (χ3v) is 9.76. The van der Waals surface area contributed by atoms with Crippen molar-refractivity contribution in [1.82, 2.24) is 10.2 Å². The van der Waals surface area contributed by atoms with Gasteiger partial charge in [0.2, 0.25) is 11.8 Å². The number of amides is 2. The van der Waals surface area contributed by atoms with Gasteiger partial charge in [0.1, 0.15) is 18.4 Å². The summed E-state index contributed by atoms with van der Waals surface area (Å²) in [6, 6.07) is 24.5. The monoisotopic (exact) mass is 669 g/mol. The Morgan fingerprint density at radius 1 is 0.867 bits per heavy atom. The summed E-state index contributed by atoms with van der Waals surface area (Å²) in [6.45, 7) is 3.35. The number of aryl methyl sites for hydroxylation is 1. The maximum Gasteiger partial charge on any atom is 0.264 e. The second-order valence-corrected chi connectivity index (χ2v) is 13.2. The van der Waals surface area contributed by atoms with E-state index in [1.807, 2.05) is 44.2 Å². The van der Waals surface area contributed by atoms with Crippen LogP contribution in [0.4, 0.5) is 10.1 Å². The summed E-state index contributed by atoms with van der Waals surface area (Å²) in [4.78, 5) is 29.4. The maximum absolute atomic E-state index is 14.4. The van der Waals surface area contributed by atoms with Gasteiger partial charge in [0.15, 0.2) is 0 Å². The Morgan fingerprint density at radius 2 is 1.53 bits per heavy atom. The Hall–Kier alpha value is -3.92. The van der Waals surface area contributed by atoms with E-state index in [1.165, 1.54) is 53.4 Å². The van der Waals surface area contributed by atoms with Crippen molar-refractivity contribution in [2.45, 2.75) is 44.2 Å². The molecule has 0 saturated carbocycles. The predicted octanol–water partition coefficient (Wildman–Crippen LogP) is 6.80. The zero-order chi connectivity index (χ0) is 32.6. The Bertz CT molecular complexity index is 1720. The fraction of sp³-hybridized carbons (Fsp3) is 0.235. The lowest BCUT2D eigenvalue weighted by atomic mass is 10.0. The minimum absolute atomic E-state index is 0.00914. The number of rotatable bonds is 13. The summed E-state index contributed by atoms with van der Waals surface area (Å²) in [5, 5.41) is 2.94. The lowest BCUT2D eigenvalue weighted by Gasteiger charge is -2.34. The van der Waals surface area contributed by atoms with Crippen LogP contribution in [-0.2, 0) is 32.6 Å². The van der Waals surface area contributed by atoms with E-state index in [0.29, 0.717) is 18.5 Å². The highest BCUT2D eigenvalue weighted by atomic mass is 35.5. The first kappa shape index (κ1) is 34.0. The predicted molar refractivity (Wildman–Crippen MR) is 176 cm³/mol. The molecule has 11 heteroatoms. The molecule has 1 N–H and O–H groups in total. The zero-order valence-electron chi connectivity index (χ0n) is 24.9. The highest BCUT2D eigenvalue weighted by Crippen LogP contribution is 2.35. The molecule has 7 nitrogen and oxygen atoms in total. The van der Waals surface area contributed by atoms with Crippen LogP contribution in [0.3, 0.4) is 0 Å². The first-order valence-corrected chi connectivity index (χ1v) is 16.6. The molecular weight excluding hydrogens is 636 g/mol. The molecule has 2 amide bonds. The van der Waals surface area contributed by atoms with Gasteiger partial charge in [-0.2, -0.15) is 0 Å². The van der Waals surface area contributed by atoms with Crippen LogP contribution in [-0.4, -0.2) is 44.3 Å². The first-order chi connectivity index (χ1) is 21.5.